The van der Waals surface area contributed by atoms with E-state index in [-0.39, 0.29) is 30.4 Å². The van der Waals surface area contributed by atoms with E-state index < -0.39 is 11.5 Å². The minimum absolute atomic E-state index is 0.0336. The van der Waals surface area contributed by atoms with E-state index >= 15 is 0 Å². The van der Waals surface area contributed by atoms with Crippen LogP contribution in [0, 0.1) is 11.3 Å². The van der Waals surface area contributed by atoms with Gasteiger partial charge in [-0.3, -0.25) is 9.59 Å². The maximum atomic E-state index is 12.0. The molecule has 0 aliphatic carbocycles. The topological polar surface area (TPSA) is 78.4 Å². The van der Waals surface area contributed by atoms with Crippen LogP contribution in [0.4, 0.5) is 0 Å². The molecule has 0 saturated carbocycles. The van der Waals surface area contributed by atoms with Crippen LogP contribution in [0.3, 0.4) is 0 Å². The number of rotatable bonds is 6. The lowest BCUT2D eigenvalue weighted by molar-refractivity contribution is -0.133. The van der Waals surface area contributed by atoms with Crippen molar-refractivity contribution in [3.05, 3.63) is 0 Å². The van der Waals surface area contributed by atoms with Crippen molar-refractivity contribution < 1.29 is 14.7 Å². The fraction of sp³-hybridized carbons (Fsp3) is 0.857. The van der Waals surface area contributed by atoms with Crippen LogP contribution in [-0.4, -0.2) is 35.6 Å². The molecule has 0 radical (unpaired) electrons. The highest BCUT2D eigenvalue weighted by atomic mass is 16.3. The molecule has 0 aromatic heterocycles. The Morgan fingerprint density at radius 3 is 2.00 bits per heavy atom. The van der Waals surface area contributed by atoms with Gasteiger partial charge in [-0.1, -0.05) is 34.6 Å². The van der Waals surface area contributed by atoms with Crippen LogP contribution in [0.25, 0.3) is 0 Å². The molecule has 0 fully saturated rings. The molecule has 2 atom stereocenters. The second-order valence-corrected chi connectivity index (χ2v) is 6.32. The largest absolute Gasteiger partial charge is 0.396 e. The van der Waals surface area contributed by atoms with Crippen molar-refractivity contribution in [3.8, 4) is 0 Å². The van der Waals surface area contributed by atoms with Gasteiger partial charge >= 0.3 is 0 Å². The van der Waals surface area contributed by atoms with Crippen LogP contribution < -0.4 is 10.6 Å². The highest BCUT2D eigenvalue weighted by Crippen LogP contribution is 2.13. The Morgan fingerprint density at radius 1 is 1.11 bits per heavy atom. The molecule has 5 heteroatoms. The molecule has 0 aliphatic heterocycles. The molecule has 2 unspecified atom stereocenters. The maximum absolute atomic E-state index is 12.0. The van der Waals surface area contributed by atoms with Gasteiger partial charge in [0.25, 0.3) is 0 Å². The Morgan fingerprint density at radius 2 is 1.63 bits per heavy atom. The van der Waals surface area contributed by atoms with E-state index in [1.165, 1.54) is 0 Å². The van der Waals surface area contributed by atoms with E-state index in [2.05, 4.69) is 10.6 Å². The van der Waals surface area contributed by atoms with Crippen molar-refractivity contribution in [2.45, 2.75) is 60.0 Å². The quantitative estimate of drug-likeness (QED) is 0.676. The Hall–Kier alpha value is -1.10. The molecule has 0 spiro atoms. The van der Waals surface area contributed by atoms with Crippen LogP contribution in [-0.2, 0) is 9.59 Å². The summed E-state index contributed by atoms with van der Waals surface area (Å²) in [6.07, 6.45) is 0.517. The first-order valence-corrected chi connectivity index (χ1v) is 6.81. The van der Waals surface area contributed by atoms with Crippen LogP contribution in [0.15, 0.2) is 0 Å². The molecule has 2 amide bonds. The minimum atomic E-state index is -0.577. The lowest BCUT2D eigenvalue weighted by atomic mass is 9.95. The molecule has 3 N–H and O–H groups in total. The normalized spacial score (nSPS) is 14.9. The predicted molar refractivity (Wildman–Crippen MR) is 75.5 cm³/mol. The number of nitrogens with one attached hydrogen (secondary N) is 2. The molecule has 112 valence electrons. The van der Waals surface area contributed by atoms with Gasteiger partial charge in [-0.25, -0.2) is 0 Å². The van der Waals surface area contributed by atoms with E-state index in [1.54, 1.807) is 27.7 Å². The molecular formula is C14H28N2O3. The van der Waals surface area contributed by atoms with Crippen LogP contribution in [0.2, 0.25) is 0 Å². The summed E-state index contributed by atoms with van der Waals surface area (Å²) in [4.78, 5) is 23.8. The van der Waals surface area contributed by atoms with E-state index in [0.717, 1.165) is 0 Å². The Balaban J connectivity index is 4.45. The monoisotopic (exact) mass is 272 g/mol. The standard InChI is InChI=1S/C14H28N2O3/c1-9(2)11(7-8-17)16-12(18)10(3)15-13(19)14(4,5)6/h9-11,17H,7-8H2,1-6H3,(H,15,19)(H,16,18). The zero-order valence-electron chi connectivity index (χ0n) is 12.9. The average Bonchev–Trinajstić information content (AvgIpc) is 2.26. The Labute approximate surface area is 116 Å². The zero-order chi connectivity index (χ0) is 15.2. The molecule has 0 heterocycles. The molecule has 0 aliphatic rings. The number of aliphatic hydroxyl groups excluding tert-OH is 1. The van der Waals surface area contributed by atoms with E-state index in [0.29, 0.717) is 6.42 Å². The molecule has 0 aromatic rings. The van der Waals surface area contributed by atoms with Gasteiger partial charge in [0.2, 0.25) is 11.8 Å². The summed E-state index contributed by atoms with van der Waals surface area (Å²) in [5, 5.41) is 14.5. The third kappa shape index (κ3) is 6.57. The van der Waals surface area contributed by atoms with Crippen LogP contribution in [0.5, 0.6) is 0 Å². The average molecular weight is 272 g/mol. The van der Waals surface area contributed by atoms with E-state index in [9.17, 15) is 9.59 Å². The first-order chi connectivity index (χ1) is 8.59. The van der Waals surface area contributed by atoms with Crippen molar-refractivity contribution in [1.29, 1.82) is 0 Å². The first kappa shape index (κ1) is 17.9. The van der Waals surface area contributed by atoms with Crippen molar-refractivity contribution >= 4 is 11.8 Å². The lowest BCUT2D eigenvalue weighted by Gasteiger charge is -2.25. The van der Waals surface area contributed by atoms with Gasteiger partial charge in [0, 0.05) is 18.1 Å². The number of aliphatic hydroxyl groups is 1. The minimum Gasteiger partial charge on any atom is -0.396 e. The zero-order valence-corrected chi connectivity index (χ0v) is 12.9. The molecule has 5 nitrogen and oxygen atoms in total. The van der Waals surface area contributed by atoms with Gasteiger partial charge in [0.05, 0.1) is 0 Å². The number of hydrogen-bond donors (Lipinski definition) is 3. The first-order valence-electron chi connectivity index (χ1n) is 6.81. The summed E-state index contributed by atoms with van der Waals surface area (Å²) >= 11 is 0. The van der Waals surface area contributed by atoms with Gasteiger partial charge in [0.15, 0.2) is 0 Å². The predicted octanol–water partition coefficient (Wildman–Crippen LogP) is 1.06. The lowest BCUT2D eigenvalue weighted by Crippen LogP contribution is -2.51. The summed E-state index contributed by atoms with van der Waals surface area (Å²) in [5.74, 6) is -0.134. The van der Waals surface area contributed by atoms with Crippen molar-refractivity contribution in [2.24, 2.45) is 11.3 Å². The summed E-state index contributed by atoms with van der Waals surface area (Å²) in [7, 11) is 0. The molecule has 0 saturated heterocycles. The Kier molecular flexibility index (Phi) is 7.05. The van der Waals surface area contributed by atoms with Gasteiger partial charge in [-0.2, -0.15) is 0 Å². The summed E-state index contributed by atoms with van der Waals surface area (Å²) in [6.45, 7) is 11.1. The third-order valence-electron chi connectivity index (χ3n) is 2.99. The highest BCUT2D eigenvalue weighted by molar-refractivity contribution is 5.89. The second-order valence-electron chi connectivity index (χ2n) is 6.32. The second kappa shape index (κ2) is 7.48. The van der Waals surface area contributed by atoms with E-state index in [1.807, 2.05) is 13.8 Å². The summed E-state index contributed by atoms with van der Waals surface area (Å²) < 4.78 is 0. The number of carbonyl (C=O) groups is 2. The third-order valence-corrected chi connectivity index (χ3v) is 2.99. The molecule has 19 heavy (non-hydrogen) atoms. The van der Waals surface area contributed by atoms with Crippen molar-refractivity contribution in [3.63, 3.8) is 0 Å². The number of amides is 2. The van der Waals surface area contributed by atoms with Gasteiger partial charge in [0.1, 0.15) is 6.04 Å². The highest BCUT2D eigenvalue weighted by Gasteiger charge is 2.26. The van der Waals surface area contributed by atoms with E-state index in [4.69, 9.17) is 5.11 Å². The van der Waals surface area contributed by atoms with Gasteiger partial charge < -0.3 is 15.7 Å². The Bertz CT molecular complexity index is 308. The smallest absolute Gasteiger partial charge is 0.242 e. The fourth-order valence-corrected chi connectivity index (χ4v) is 1.50. The van der Waals surface area contributed by atoms with Gasteiger partial charge in [-0.15, -0.1) is 0 Å². The van der Waals surface area contributed by atoms with Crippen LogP contribution >= 0.6 is 0 Å². The van der Waals surface area contributed by atoms with Crippen molar-refractivity contribution in [2.75, 3.05) is 6.61 Å². The SMILES string of the molecule is CC(NC(=O)C(C)(C)C)C(=O)NC(CCO)C(C)C. The summed E-state index contributed by atoms with van der Waals surface area (Å²) in [5.41, 5.74) is -0.517. The fourth-order valence-electron chi connectivity index (χ4n) is 1.50. The molecular weight excluding hydrogens is 244 g/mol. The molecule has 0 rings (SSSR count). The number of carbonyl (C=O) groups excluding carboxylic acids is 2. The summed E-state index contributed by atoms with van der Waals surface area (Å²) in [6, 6.07) is -0.654. The molecule has 0 bridgehead atoms. The maximum Gasteiger partial charge on any atom is 0.242 e. The van der Waals surface area contributed by atoms with Gasteiger partial charge in [-0.05, 0) is 19.3 Å². The number of hydrogen-bond acceptors (Lipinski definition) is 3. The van der Waals surface area contributed by atoms with Crippen molar-refractivity contribution in [1.82, 2.24) is 10.6 Å². The molecule has 0 aromatic carbocycles. The van der Waals surface area contributed by atoms with Crippen LogP contribution in [0.1, 0.15) is 48.0 Å².